The summed E-state index contributed by atoms with van der Waals surface area (Å²) in [6, 6.07) is 6.73. The van der Waals surface area contributed by atoms with E-state index in [0.717, 1.165) is 0 Å². The average molecular weight is 449 g/mol. The number of carbonyl (C=O) groups excluding carboxylic acids is 2. The number of nitrogens with zero attached hydrogens (tertiary/aromatic N) is 3. The smallest absolute Gasteiger partial charge is 0.287 e. The zero-order chi connectivity index (χ0) is 22.1. The van der Waals surface area contributed by atoms with Gasteiger partial charge in [0.25, 0.3) is 11.8 Å². The van der Waals surface area contributed by atoms with Crippen LogP contribution < -0.4 is 10.7 Å². The second-order valence-corrected chi connectivity index (χ2v) is 6.86. The number of halogens is 4. The Morgan fingerprint density at radius 1 is 1.06 bits per heavy atom. The number of hydrazine groups is 1. The molecule has 8 nitrogen and oxygen atoms in total. The number of amides is 2. The van der Waals surface area contributed by atoms with E-state index in [9.17, 15) is 22.8 Å². The van der Waals surface area contributed by atoms with E-state index in [1.165, 1.54) is 29.5 Å². The van der Waals surface area contributed by atoms with Gasteiger partial charge in [-0.1, -0.05) is 17.7 Å². The molecule has 0 saturated carbocycles. The summed E-state index contributed by atoms with van der Waals surface area (Å²) in [6.45, 7) is 0.261. The molecule has 0 spiro atoms. The van der Waals surface area contributed by atoms with Gasteiger partial charge in [0.15, 0.2) is 17.5 Å². The van der Waals surface area contributed by atoms with Gasteiger partial charge in [-0.05, 0) is 29.8 Å². The van der Waals surface area contributed by atoms with Crippen LogP contribution in [0.3, 0.4) is 0 Å². The van der Waals surface area contributed by atoms with Crippen molar-refractivity contribution in [3.05, 3.63) is 75.7 Å². The number of hydrogen-bond donors (Lipinski definition) is 3. The van der Waals surface area contributed by atoms with Crippen LogP contribution in [0.5, 0.6) is 0 Å². The van der Waals surface area contributed by atoms with E-state index in [1.54, 1.807) is 6.07 Å². The Kier molecular flexibility index (Phi) is 5.34. The molecular weight excluding hydrogens is 437 g/mol. The van der Waals surface area contributed by atoms with E-state index >= 15 is 0 Å². The van der Waals surface area contributed by atoms with E-state index in [0.29, 0.717) is 23.4 Å². The van der Waals surface area contributed by atoms with Crippen LogP contribution in [-0.4, -0.2) is 33.4 Å². The van der Waals surface area contributed by atoms with Gasteiger partial charge in [-0.2, -0.15) is 5.10 Å². The number of H-pyrrole nitrogens is 1. The van der Waals surface area contributed by atoms with Gasteiger partial charge in [-0.15, -0.1) is 0 Å². The lowest BCUT2D eigenvalue weighted by molar-refractivity contribution is 0.0862. The number of hydrogen-bond acceptors (Lipinski definition) is 5. The number of aromatic amines is 1. The molecule has 0 unspecified atom stereocenters. The van der Waals surface area contributed by atoms with Crippen molar-refractivity contribution in [2.24, 2.45) is 4.99 Å². The predicted molar refractivity (Wildman–Crippen MR) is 105 cm³/mol. The van der Waals surface area contributed by atoms with E-state index < -0.39 is 29.3 Å². The maximum Gasteiger partial charge on any atom is 0.287 e. The number of aliphatic imine (C=N–C) groups is 1. The summed E-state index contributed by atoms with van der Waals surface area (Å²) in [7, 11) is 0. The summed E-state index contributed by atoms with van der Waals surface area (Å²) < 4.78 is 39.8. The second-order valence-electron chi connectivity index (χ2n) is 6.45. The third kappa shape index (κ3) is 4.36. The fourth-order valence-electron chi connectivity index (χ4n) is 2.79. The highest BCUT2D eigenvalue weighted by Crippen LogP contribution is 2.24. The number of benzene rings is 2. The van der Waals surface area contributed by atoms with E-state index in [4.69, 9.17) is 11.6 Å². The monoisotopic (exact) mass is 448 g/mol. The van der Waals surface area contributed by atoms with Gasteiger partial charge in [0.1, 0.15) is 17.8 Å². The maximum absolute atomic E-state index is 13.4. The summed E-state index contributed by atoms with van der Waals surface area (Å²) >= 11 is 5.77. The summed E-state index contributed by atoms with van der Waals surface area (Å²) in [5.74, 6) is -4.29. The lowest BCUT2D eigenvalue weighted by Gasteiger charge is -2.24. The molecule has 1 aliphatic rings. The molecule has 2 aromatic carbocycles. The molecule has 0 atom stereocenters. The predicted octanol–water partition coefficient (Wildman–Crippen LogP) is 3.55. The van der Waals surface area contributed by atoms with Crippen LogP contribution in [0.4, 0.5) is 24.7 Å². The van der Waals surface area contributed by atoms with Crippen molar-refractivity contribution in [1.29, 1.82) is 0 Å². The van der Waals surface area contributed by atoms with Crippen molar-refractivity contribution >= 4 is 41.3 Å². The van der Waals surface area contributed by atoms with Gasteiger partial charge in [-0.3, -0.25) is 25.1 Å². The molecule has 158 valence electrons. The first kappa shape index (κ1) is 20.4. The molecule has 3 N–H and O–H groups in total. The fraction of sp³-hybridized carbons (Fsp3) is 0.0526. The van der Waals surface area contributed by atoms with Crippen molar-refractivity contribution in [3.63, 3.8) is 0 Å². The molecule has 12 heteroatoms. The van der Waals surface area contributed by atoms with Crippen LogP contribution in [-0.2, 0) is 6.54 Å². The van der Waals surface area contributed by atoms with Crippen LogP contribution in [0.1, 0.15) is 26.4 Å². The molecule has 0 fully saturated rings. The topological polar surface area (TPSA) is 102 Å². The number of fused-ring (bicyclic) bond motifs is 1. The number of rotatable bonds is 4. The Balaban J connectivity index is 1.41. The van der Waals surface area contributed by atoms with Crippen molar-refractivity contribution in [2.45, 2.75) is 6.54 Å². The molecule has 1 aromatic heterocycles. The average Bonchev–Trinajstić information content (AvgIpc) is 3.19. The van der Waals surface area contributed by atoms with Gasteiger partial charge >= 0.3 is 0 Å². The standard InChI is InChI=1S/C19H12ClF3N6O2/c20-12-5-14(23)13(22)4-11(12)18(30)25-17-6-16(26-27-17)19(31)28-29-7-9-1-2-10(21)3-15(9)24-8-29/h1-6,8H,7H2,(H,28,31)(H2,25,26,27,30). The number of nitrogens with one attached hydrogen (secondary N) is 3. The molecular formula is C19H12ClF3N6O2. The summed E-state index contributed by atoms with van der Waals surface area (Å²) in [5.41, 5.74) is 3.45. The maximum atomic E-state index is 13.4. The van der Waals surface area contributed by atoms with Crippen molar-refractivity contribution in [1.82, 2.24) is 20.6 Å². The highest BCUT2D eigenvalue weighted by atomic mass is 35.5. The minimum absolute atomic E-state index is 0.00462. The van der Waals surface area contributed by atoms with E-state index in [-0.39, 0.29) is 28.6 Å². The molecule has 0 saturated heterocycles. The Bertz CT molecular complexity index is 1230. The first-order chi connectivity index (χ1) is 14.8. The van der Waals surface area contributed by atoms with E-state index in [1.807, 2.05) is 0 Å². The van der Waals surface area contributed by atoms with Crippen LogP contribution in [0.15, 0.2) is 41.4 Å². The molecule has 0 aliphatic carbocycles. The van der Waals surface area contributed by atoms with Gasteiger partial charge in [0, 0.05) is 6.07 Å². The van der Waals surface area contributed by atoms with Crippen molar-refractivity contribution in [3.8, 4) is 0 Å². The van der Waals surface area contributed by atoms with Crippen molar-refractivity contribution < 1.29 is 22.8 Å². The molecule has 0 bridgehead atoms. The lowest BCUT2D eigenvalue weighted by atomic mass is 10.1. The Labute approximate surface area is 177 Å². The first-order valence-electron chi connectivity index (χ1n) is 8.71. The van der Waals surface area contributed by atoms with Gasteiger partial charge in [0.05, 0.1) is 22.8 Å². The highest BCUT2D eigenvalue weighted by Gasteiger charge is 2.19. The van der Waals surface area contributed by atoms with E-state index in [2.05, 4.69) is 25.9 Å². The van der Waals surface area contributed by atoms with Crippen LogP contribution in [0.25, 0.3) is 0 Å². The SMILES string of the molecule is O=C(NN1C=Nc2cc(F)ccc2C1)c1cc(NC(=O)c2cc(F)c(F)cc2Cl)n[nH]1. The molecule has 4 rings (SSSR count). The van der Waals surface area contributed by atoms with Crippen LogP contribution in [0.2, 0.25) is 5.02 Å². The van der Waals surface area contributed by atoms with Gasteiger partial charge in [0.2, 0.25) is 0 Å². The first-order valence-corrected chi connectivity index (χ1v) is 9.09. The summed E-state index contributed by atoms with van der Waals surface area (Å²) in [6.07, 6.45) is 1.34. The molecule has 1 aliphatic heterocycles. The minimum Gasteiger partial charge on any atom is -0.305 e. The number of anilines is 1. The molecule has 3 aromatic rings. The number of carbonyl (C=O) groups is 2. The molecule has 0 radical (unpaired) electrons. The zero-order valence-electron chi connectivity index (χ0n) is 15.4. The Morgan fingerprint density at radius 3 is 2.65 bits per heavy atom. The molecule has 2 heterocycles. The van der Waals surface area contributed by atoms with Crippen molar-refractivity contribution in [2.75, 3.05) is 5.32 Å². The zero-order valence-corrected chi connectivity index (χ0v) is 16.2. The number of aromatic nitrogens is 2. The fourth-order valence-corrected chi connectivity index (χ4v) is 3.02. The molecule has 2 amide bonds. The van der Waals surface area contributed by atoms with Crippen LogP contribution >= 0.6 is 11.6 Å². The Morgan fingerprint density at radius 2 is 1.84 bits per heavy atom. The normalized spacial score (nSPS) is 12.5. The quantitative estimate of drug-likeness (QED) is 0.531. The highest BCUT2D eigenvalue weighted by molar-refractivity contribution is 6.34. The van der Waals surface area contributed by atoms with Crippen LogP contribution in [0, 0.1) is 17.5 Å². The molecule has 31 heavy (non-hydrogen) atoms. The summed E-state index contributed by atoms with van der Waals surface area (Å²) in [4.78, 5) is 28.7. The summed E-state index contributed by atoms with van der Waals surface area (Å²) in [5, 5.41) is 9.68. The third-order valence-corrected chi connectivity index (χ3v) is 4.60. The third-order valence-electron chi connectivity index (χ3n) is 4.29. The largest absolute Gasteiger partial charge is 0.305 e. The lowest BCUT2D eigenvalue weighted by Crippen LogP contribution is -2.41. The van der Waals surface area contributed by atoms with Gasteiger partial charge < -0.3 is 5.32 Å². The second kappa shape index (κ2) is 8.11. The van der Waals surface area contributed by atoms with Gasteiger partial charge in [-0.25, -0.2) is 18.2 Å². The minimum atomic E-state index is -1.23. The Hall–Kier alpha value is -3.86.